The van der Waals surface area contributed by atoms with E-state index in [1.165, 1.54) is 11.1 Å². The van der Waals surface area contributed by atoms with E-state index < -0.39 is 0 Å². The van der Waals surface area contributed by atoms with Crippen LogP contribution < -0.4 is 0 Å². The SMILES string of the molecule is CC(C)c1cc(-c2cc(-c3cccc4cccnc34)cc(C(C)(C)C)c2)c2nc(-c3ccccc3O)oc2c1. The van der Waals surface area contributed by atoms with Crippen molar-refractivity contribution < 1.29 is 9.52 Å². The third-order valence-corrected chi connectivity index (χ3v) is 7.37. The first-order valence-corrected chi connectivity index (χ1v) is 13.4. The van der Waals surface area contributed by atoms with Crippen molar-refractivity contribution >= 4 is 22.0 Å². The average molecular weight is 513 g/mol. The number of nitrogens with zero attached hydrogens (tertiary/aromatic N) is 2. The summed E-state index contributed by atoms with van der Waals surface area (Å²) in [6, 6.07) is 28.7. The summed E-state index contributed by atoms with van der Waals surface area (Å²) in [5.74, 6) is 0.866. The molecule has 194 valence electrons. The van der Waals surface area contributed by atoms with E-state index in [9.17, 15) is 5.11 Å². The molecule has 0 bridgehead atoms. The van der Waals surface area contributed by atoms with Gasteiger partial charge >= 0.3 is 0 Å². The van der Waals surface area contributed by atoms with E-state index >= 15 is 0 Å². The molecule has 2 heterocycles. The van der Waals surface area contributed by atoms with Crippen molar-refractivity contribution in [2.75, 3.05) is 0 Å². The summed E-state index contributed by atoms with van der Waals surface area (Å²) in [5, 5.41) is 11.6. The molecule has 4 nitrogen and oxygen atoms in total. The van der Waals surface area contributed by atoms with Crippen LogP contribution in [0.4, 0.5) is 0 Å². The molecule has 0 aliphatic heterocycles. The zero-order chi connectivity index (χ0) is 27.3. The number of aromatic hydroxyl groups is 1. The highest BCUT2D eigenvalue weighted by molar-refractivity contribution is 5.97. The summed E-state index contributed by atoms with van der Waals surface area (Å²) in [4.78, 5) is 9.66. The third kappa shape index (κ3) is 4.57. The van der Waals surface area contributed by atoms with Crippen molar-refractivity contribution in [3.8, 4) is 39.5 Å². The predicted molar refractivity (Wildman–Crippen MR) is 160 cm³/mol. The van der Waals surface area contributed by atoms with E-state index in [4.69, 9.17) is 14.4 Å². The first-order chi connectivity index (χ1) is 18.7. The van der Waals surface area contributed by atoms with Crippen LogP contribution in [0.5, 0.6) is 5.75 Å². The van der Waals surface area contributed by atoms with Crippen molar-refractivity contribution in [1.82, 2.24) is 9.97 Å². The molecule has 0 spiro atoms. The van der Waals surface area contributed by atoms with E-state index in [1.807, 2.05) is 24.4 Å². The van der Waals surface area contributed by atoms with Gasteiger partial charge in [0, 0.05) is 22.7 Å². The molecule has 0 saturated carbocycles. The maximum absolute atomic E-state index is 10.5. The van der Waals surface area contributed by atoms with E-state index in [0.29, 0.717) is 23.0 Å². The number of pyridine rings is 1. The van der Waals surface area contributed by atoms with Gasteiger partial charge in [-0.1, -0.05) is 83.1 Å². The Kier molecular flexibility index (Phi) is 5.99. The first kappa shape index (κ1) is 24.9. The number of hydrogen-bond acceptors (Lipinski definition) is 4. The Morgan fingerprint density at radius 2 is 1.46 bits per heavy atom. The van der Waals surface area contributed by atoms with Crippen molar-refractivity contribution in [3.63, 3.8) is 0 Å². The molecule has 0 atom stereocenters. The smallest absolute Gasteiger partial charge is 0.231 e. The fraction of sp³-hybridized carbons (Fsp3) is 0.200. The Hall–Kier alpha value is -4.44. The van der Waals surface area contributed by atoms with Crippen LogP contribution in [-0.4, -0.2) is 15.1 Å². The van der Waals surface area contributed by atoms with Crippen LogP contribution >= 0.6 is 0 Å². The maximum Gasteiger partial charge on any atom is 0.231 e. The van der Waals surface area contributed by atoms with Crippen LogP contribution in [0.1, 0.15) is 51.7 Å². The molecular formula is C35H32N2O2. The number of phenolic OH excluding ortho intramolecular Hbond substituents is 1. The molecule has 4 heteroatoms. The lowest BCUT2D eigenvalue weighted by Gasteiger charge is -2.22. The van der Waals surface area contributed by atoms with Crippen LogP contribution in [0.3, 0.4) is 0 Å². The van der Waals surface area contributed by atoms with E-state index in [-0.39, 0.29) is 11.2 Å². The lowest BCUT2D eigenvalue weighted by molar-refractivity contribution is 0.474. The molecule has 6 rings (SSSR count). The maximum atomic E-state index is 10.5. The van der Waals surface area contributed by atoms with Crippen LogP contribution in [-0.2, 0) is 5.41 Å². The number of phenols is 1. The van der Waals surface area contributed by atoms with Gasteiger partial charge in [-0.25, -0.2) is 4.98 Å². The number of fused-ring (bicyclic) bond motifs is 2. The highest BCUT2D eigenvalue weighted by atomic mass is 16.3. The predicted octanol–water partition coefficient (Wildman–Crippen LogP) is 9.50. The van der Waals surface area contributed by atoms with Gasteiger partial charge in [-0.3, -0.25) is 4.98 Å². The topological polar surface area (TPSA) is 59.2 Å². The highest BCUT2D eigenvalue weighted by Crippen LogP contribution is 2.40. The van der Waals surface area contributed by atoms with Crippen LogP contribution in [0, 0.1) is 0 Å². The summed E-state index contributed by atoms with van der Waals surface area (Å²) in [6.07, 6.45) is 1.85. The van der Waals surface area contributed by atoms with Crippen molar-refractivity contribution in [2.24, 2.45) is 0 Å². The zero-order valence-electron chi connectivity index (χ0n) is 23.0. The molecule has 0 amide bonds. The molecule has 0 aliphatic rings. The zero-order valence-corrected chi connectivity index (χ0v) is 23.0. The molecule has 0 fully saturated rings. The standard InChI is InChI=1S/C35H32N2O2/c1-21(2)23-19-29(33-31(20-23)39-34(37-33)28-12-6-7-14-30(28)38)25-16-24(17-26(18-25)35(3,4)5)27-13-8-10-22-11-9-15-36-32(22)27/h6-21,38H,1-5H3. The van der Waals surface area contributed by atoms with Crippen molar-refractivity contribution in [2.45, 2.75) is 46.0 Å². The molecule has 39 heavy (non-hydrogen) atoms. The second-order valence-electron chi connectivity index (χ2n) is 11.5. The van der Waals surface area contributed by atoms with Gasteiger partial charge in [-0.15, -0.1) is 0 Å². The number of rotatable bonds is 4. The largest absolute Gasteiger partial charge is 0.507 e. The van der Waals surface area contributed by atoms with E-state index in [2.05, 4.69) is 89.2 Å². The lowest BCUT2D eigenvalue weighted by atomic mass is 9.82. The molecule has 0 unspecified atom stereocenters. The van der Waals surface area contributed by atoms with Gasteiger partial charge in [0.25, 0.3) is 0 Å². The Labute approximate surface area is 229 Å². The van der Waals surface area contributed by atoms with E-state index in [1.54, 1.807) is 12.1 Å². The molecule has 2 aromatic heterocycles. The molecule has 4 aromatic carbocycles. The van der Waals surface area contributed by atoms with Gasteiger partial charge in [0.15, 0.2) is 5.58 Å². The number of aromatic nitrogens is 2. The third-order valence-electron chi connectivity index (χ3n) is 7.37. The second kappa shape index (κ2) is 9.39. The molecule has 6 aromatic rings. The van der Waals surface area contributed by atoms with Gasteiger partial charge in [0.1, 0.15) is 11.3 Å². The summed E-state index contributed by atoms with van der Waals surface area (Å²) in [7, 11) is 0. The number of oxazole rings is 1. The van der Waals surface area contributed by atoms with Gasteiger partial charge in [-0.05, 0) is 70.0 Å². The monoisotopic (exact) mass is 512 g/mol. The average Bonchev–Trinajstić information content (AvgIpc) is 3.35. The molecule has 0 aliphatic carbocycles. The minimum Gasteiger partial charge on any atom is -0.507 e. The Balaban J connectivity index is 1.64. The molecule has 1 N–H and O–H groups in total. The van der Waals surface area contributed by atoms with Crippen LogP contribution in [0.2, 0.25) is 0 Å². The minimum absolute atomic E-state index is 0.0671. The summed E-state index contributed by atoms with van der Waals surface area (Å²) in [5.41, 5.74) is 9.72. The lowest BCUT2D eigenvalue weighted by Crippen LogP contribution is -2.11. The molecule has 0 radical (unpaired) electrons. The van der Waals surface area contributed by atoms with Gasteiger partial charge < -0.3 is 9.52 Å². The quantitative estimate of drug-likeness (QED) is 0.255. The Morgan fingerprint density at radius 3 is 2.21 bits per heavy atom. The van der Waals surface area contributed by atoms with Crippen LogP contribution in [0.15, 0.2) is 95.5 Å². The minimum atomic E-state index is -0.0671. The highest BCUT2D eigenvalue weighted by Gasteiger charge is 2.21. The van der Waals surface area contributed by atoms with Gasteiger partial charge in [0.05, 0.1) is 11.1 Å². The fourth-order valence-electron chi connectivity index (χ4n) is 5.08. The Bertz CT molecular complexity index is 1830. The van der Waals surface area contributed by atoms with Crippen molar-refractivity contribution in [1.29, 1.82) is 0 Å². The van der Waals surface area contributed by atoms with Gasteiger partial charge in [-0.2, -0.15) is 0 Å². The summed E-state index contributed by atoms with van der Waals surface area (Å²) in [6.45, 7) is 11.1. The number of hydrogen-bond donors (Lipinski definition) is 1. The normalized spacial score (nSPS) is 12.1. The second-order valence-corrected chi connectivity index (χ2v) is 11.5. The van der Waals surface area contributed by atoms with E-state index in [0.717, 1.165) is 38.7 Å². The molecule has 0 saturated heterocycles. The summed E-state index contributed by atoms with van der Waals surface area (Å²) >= 11 is 0. The Morgan fingerprint density at radius 1 is 0.744 bits per heavy atom. The number of benzene rings is 4. The van der Waals surface area contributed by atoms with Gasteiger partial charge in [0.2, 0.25) is 5.89 Å². The van der Waals surface area contributed by atoms with Crippen molar-refractivity contribution in [3.05, 3.63) is 102 Å². The van der Waals surface area contributed by atoms with Crippen LogP contribution in [0.25, 0.3) is 55.7 Å². The molecular weight excluding hydrogens is 480 g/mol. The summed E-state index contributed by atoms with van der Waals surface area (Å²) < 4.78 is 6.28. The fourth-order valence-corrected chi connectivity index (χ4v) is 5.08. The first-order valence-electron chi connectivity index (χ1n) is 13.4. The number of para-hydroxylation sites is 2.